The highest BCUT2D eigenvalue weighted by molar-refractivity contribution is 6.05. The minimum atomic E-state index is -1.35. The van der Waals surface area contributed by atoms with Crippen molar-refractivity contribution in [1.29, 1.82) is 0 Å². The molecule has 2 aliphatic rings. The molecule has 1 atom stereocenters. The van der Waals surface area contributed by atoms with E-state index in [2.05, 4.69) is 10.2 Å². The first kappa shape index (κ1) is 19.9. The third-order valence-corrected chi connectivity index (χ3v) is 5.79. The molecule has 7 nitrogen and oxygen atoms in total. The van der Waals surface area contributed by atoms with E-state index in [1.165, 1.54) is 6.42 Å². The molecule has 2 aromatic carbocycles. The first-order valence-corrected chi connectivity index (χ1v) is 10.2. The van der Waals surface area contributed by atoms with Crippen molar-refractivity contribution in [3.63, 3.8) is 0 Å². The maximum atomic E-state index is 13.2. The summed E-state index contributed by atoms with van der Waals surface area (Å²) in [7, 11) is 0. The van der Waals surface area contributed by atoms with Crippen LogP contribution in [0.15, 0.2) is 42.5 Å². The first-order chi connectivity index (χ1) is 14.4. The van der Waals surface area contributed by atoms with Gasteiger partial charge < -0.3 is 20.7 Å². The number of esters is 1. The number of nitrogens with zero attached hydrogens (tertiary/aromatic N) is 1. The molecule has 0 spiro atoms. The summed E-state index contributed by atoms with van der Waals surface area (Å²) in [6.45, 7) is 3.35. The summed E-state index contributed by atoms with van der Waals surface area (Å²) in [5.74, 6) is -1.53. The van der Waals surface area contributed by atoms with Crippen molar-refractivity contribution in [2.45, 2.75) is 38.2 Å². The Morgan fingerprint density at radius 2 is 1.83 bits per heavy atom. The zero-order chi connectivity index (χ0) is 21.3. The van der Waals surface area contributed by atoms with Gasteiger partial charge in [-0.05, 0) is 56.0 Å². The molecule has 2 aliphatic heterocycles. The Balaban J connectivity index is 1.64. The normalized spacial score (nSPS) is 20.8. The summed E-state index contributed by atoms with van der Waals surface area (Å²) < 4.78 is 5.54. The predicted molar refractivity (Wildman–Crippen MR) is 114 cm³/mol. The van der Waals surface area contributed by atoms with Crippen LogP contribution in [-0.2, 0) is 16.0 Å². The van der Waals surface area contributed by atoms with Crippen molar-refractivity contribution < 1.29 is 19.1 Å². The third-order valence-electron chi connectivity index (χ3n) is 5.79. The standard InChI is InChI=1S/C23H25N3O4/c1-23(14-16-7-3-4-8-17(16)21(28)30-23)22(29)25-18-13-15(20(24)27)9-10-19(18)26-11-5-2-6-12-26/h3-4,7-10,13H,2,5-6,11-12,14H2,1H3,(H2,24,27)(H,25,29). The van der Waals surface area contributed by atoms with Gasteiger partial charge in [-0.2, -0.15) is 0 Å². The highest BCUT2D eigenvalue weighted by atomic mass is 16.6. The van der Waals surface area contributed by atoms with Gasteiger partial charge in [0.15, 0.2) is 5.60 Å². The Bertz CT molecular complexity index is 1010. The van der Waals surface area contributed by atoms with Crippen molar-refractivity contribution in [2.75, 3.05) is 23.3 Å². The number of rotatable bonds is 4. The molecule has 1 saturated heterocycles. The van der Waals surface area contributed by atoms with Crippen LogP contribution in [0.1, 0.15) is 52.5 Å². The molecule has 2 aromatic rings. The molecule has 7 heteroatoms. The molecule has 3 N–H and O–H groups in total. The van der Waals surface area contributed by atoms with E-state index in [0.717, 1.165) is 37.2 Å². The zero-order valence-corrected chi connectivity index (χ0v) is 16.9. The van der Waals surface area contributed by atoms with Gasteiger partial charge in [-0.25, -0.2) is 4.79 Å². The van der Waals surface area contributed by atoms with Gasteiger partial charge in [0.05, 0.1) is 16.9 Å². The smallest absolute Gasteiger partial charge is 0.339 e. The van der Waals surface area contributed by atoms with Gasteiger partial charge in [0.2, 0.25) is 5.91 Å². The molecule has 4 rings (SSSR count). The quantitative estimate of drug-likeness (QED) is 0.759. The zero-order valence-electron chi connectivity index (χ0n) is 16.9. The van der Waals surface area contributed by atoms with Crippen molar-refractivity contribution in [3.05, 3.63) is 59.2 Å². The monoisotopic (exact) mass is 407 g/mol. The van der Waals surface area contributed by atoms with Gasteiger partial charge >= 0.3 is 5.97 Å². The Labute approximate surface area is 175 Å². The average Bonchev–Trinajstić information content (AvgIpc) is 2.74. The minimum absolute atomic E-state index is 0.273. The van der Waals surface area contributed by atoms with Crippen molar-refractivity contribution in [3.8, 4) is 0 Å². The van der Waals surface area contributed by atoms with Gasteiger partial charge in [-0.15, -0.1) is 0 Å². The van der Waals surface area contributed by atoms with Crippen LogP contribution in [-0.4, -0.2) is 36.5 Å². The van der Waals surface area contributed by atoms with Crippen LogP contribution >= 0.6 is 0 Å². The van der Waals surface area contributed by atoms with Crippen LogP contribution < -0.4 is 16.0 Å². The molecular formula is C23H25N3O4. The molecule has 0 saturated carbocycles. The number of cyclic esters (lactones) is 1. The number of hydrogen-bond acceptors (Lipinski definition) is 5. The van der Waals surface area contributed by atoms with Crippen molar-refractivity contribution in [1.82, 2.24) is 0 Å². The summed E-state index contributed by atoms with van der Waals surface area (Å²) in [5, 5.41) is 2.90. The maximum absolute atomic E-state index is 13.2. The Morgan fingerprint density at radius 1 is 1.10 bits per heavy atom. The highest BCUT2D eigenvalue weighted by Crippen LogP contribution is 2.33. The molecule has 0 aliphatic carbocycles. The largest absolute Gasteiger partial charge is 0.445 e. The fourth-order valence-electron chi connectivity index (χ4n) is 4.11. The number of nitrogens with two attached hydrogens (primary N) is 1. The summed E-state index contributed by atoms with van der Waals surface area (Å²) in [6, 6.07) is 12.2. The number of hydrogen-bond donors (Lipinski definition) is 2. The molecule has 30 heavy (non-hydrogen) atoms. The van der Waals surface area contributed by atoms with Crippen molar-refractivity contribution >= 4 is 29.2 Å². The van der Waals surface area contributed by atoms with E-state index in [0.29, 0.717) is 16.8 Å². The Morgan fingerprint density at radius 3 is 2.57 bits per heavy atom. The van der Waals surface area contributed by atoms with E-state index >= 15 is 0 Å². The summed E-state index contributed by atoms with van der Waals surface area (Å²) in [5.41, 5.74) is 6.98. The summed E-state index contributed by atoms with van der Waals surface area (Å²) in [6.07, 6.45) is 3.58. The van der Waals surface area contributed by atoms with E-state index in [1.54, 1.807) is 31.2 Å². The summed E-state index contributed by atoms with van der Waals surface area (Å²) in [4.78, 5) is 39.6. The lowest BCUT2D eigenvalue weighted by molar-refractivity contribution is -0.134. The molecular weight excluding hydrogens is 382 g/mol. The number of benzene rings is 2. The van der Waals surface area contributed by atoms with Crippen LogP contribution in [0.2, 0.25) is 0 Å². The van der Waals surface area contributed by atoms with Gasteiger partial charge in [0.1, 0.15) is 0 Å². The van der Waals surface area contributed by atoms with Crippen LogP contribution in [0, 0.1) is 0 Å². The molecule has 156 valence electrons. The highest BCUT2D eigenvalue weighted by Gasteiger charge is 2.43. The van der Waals surface area contributed by atoms with Crippen LogP contribution in [0.4, 0.5) is 11.4 Å². The number of anilines is 2. The number of ether oxygens (including phenoxy) is 1. The van der Waals surface area contributed by atoms with Crippen LogP contribution in [0.25, 0.3) is 0 Å². The van der Waals surface area contributed by atoms with Gasteiger partial charge in [0, 0.05) is 25.1 Å². The van der Waals surface area contributed by atoms with Gasteiger partial charge in [-0.3, -0.25) is 9.59 Å². The topological polar surface area (TPSA) is 102 Å². The third kappa shape index (κ3) is 3.75. The molecule has 2 heterocycles. The van der Waals surface area contributed by atoms with E-state index in [1.807, 2.05) is 18.2 Å². The first-order valence-electron chi connectivity index (χ1n) is 10.2. The Hall–Kier alpha value is -3.35. The Kier molecular flexibility index (Phi) is 5.20. The van der Waals surface area contributed by atoms with Gasteiger partial charge in [0.25, 0.3) is 5.91 Å². The molecule has 0 bridgehead atoms. The number of fused-ring (bicyclic) bond motifs is 1. The predicted octanol–water partition coefficient (Wildman–Crippen LogP) is 2.89. The number of piperidine rings is 1. The van der Waals surface area contributed by atoms with E-state index in [9.17, 15) is 14.4 Å². The molecule has 0 aromatic heterocycles. The number of primary amides is 1. The average molecular weight is 407 g/mol. The van der Waals surface area contributed by atoms with E-state index in [4.69, 9.17) is 10.5 Å². The fourth-order valence-corrected chi connectivity index (χ4v) is 4.11. The lowest BCUT2D eigenvalue weighted by Gasteiger charge is -2.34. The lowest BCUT2D eigenvalue weighted by Crippen LogP contribution is -2.49. The molecule has 2 amide bonds. The van der Waals surface area contributed by atoms with Crippen molar-refractivity contribution in [2.24, 2.45) is 5.73 Å². The number of amides is 2. The molecule has 1 unspecified atom stereocenters. The van der Waals surface area contributed by atoms with Crippen LogP contribution in [0.5, 0.6) is 0 Å². The second-order valence-electron chi connectivity index (χ2n) is 8.05. The number of nitrogens with one attached hydrogen (secondary N) is 1. The summed E-state index contributed by atoms with van der Waals surface area (Å²) >= 11 is 0. The molecule has 0 radical (unpaired) electrons. The SMILES string of the molecule is CC1(C(=O)Nc2cc(C(N)=O)ccc2N2CCCCC2)Cc2ccccc2C(=O)O1. The lowest BCUT2D eigenvalue weighted by atomic mass is 9.89. The second-order valence-corrected chi connectivity index (χ2v) is 8.05. The second kappa shape index (κ2) is 7.82. The minimum Gasteiger partial charge on any atom is -0.445 e. The number of carbonyl (C=O) groups excluding carboxylic acids is 3. The van der Waals surface area contributed by atoms with Gasteiger partial charge in [-0.1, -0.05) is 18.2 Å². The molecule has 1 fully saturated rings. The van der Waals surface area contributed by atoms with E-state index < -0.39 is 23.4 Å². The fraction of sp³-hybridized carbons (Fsp3) is 0.348. The van der Waals surface area contributed by atoms with E-state index in [-0.39, 0.29) is 6.42 Å². The maximum Gasteiger partial charge on any atom is 0.339 e. The van der Waals surface area contributed by atoms with Crippen LogP contribution in [0.3, 0.4) is 0 Å². The number of carbonyl (C=O) groups is 3.